The smallest absolute Gasteiger partial charge is 0.263 e. The molecular weight excluding hydrogens is 340 g/mol. The summed E-state index contributed by atoms with van der Waals surface area (Å²) in [6.45, 7) is 7.52. The van der Waals surface area contributed by atoms with Crippen LogP contribution in [0.4, 0.5) is 5.69 Å². The summed E-state index contributed by atoms with van der Waals surface area (Å²) < 4.78 is 34.4. The minimum Gasteiger partial charge on any atom is -0.480 e. The van der Waals surface area contributed by atoms with Gasteiger partial charge in [0.1, 0.15) is 9.92 Å². The summed E-state index contributed by atoms with van der Waals surface area (Å²) in [5, 5.41) is 4.49. The van der Waals surface area contributed by atoms with Gasteiger partial charge in [-0.25, -0.2) is 13.4 Å². The number of methoxy groups -OCH3 is 1. The largest absolute Gasteiger partial charge is 0.480 e. The van der Waals surface area contributed by atoms with Gasteiger partial charge in [0.05, 0.1) is 30.4 Å². The highest BCUT2D eigenvalue weighted by atomic mass is 35.5. The van der Waals surface area contributed by atoms with Crippen LogP contribution in [0.3, 0.4) is 0 Å². The molecule has 1 N–H and O–H groups in total. The molecule has 0 bridgehead atoms. The number of nitrogens with zero attached hydrogens (tertiary/aromatic N) is 3. The summed E-state index contributed by atoms with van der Waals surface area (Å²) in [5.74, 6) is 0.172. The molecule has 0 aliphatic carbocycles. The second-order valence-electron chi connectivity index (χ2n) is 5.35. The van der Waals surface area contributed by atoms with Gasteiger partial charge in [0, 0.05) is 6.04 Å². The Hall–Kier alpha value is -1.80. The second kappa shape index (κ2) is 6.37. The second-order valence-corrected chi connectivity index (χ2v) is 7.44. The van der Waals surface area contributed by atoms with Crippen molar-refractivity contribution in [1.82, 2.24) is 14.8 Å². The number of anilines is 1. The van der Waals surface area contributed by atoms with E-state index in [1.165, 1.54) is 19.4 Å². The average Bonchev–Trinajstić information content (AvgIpc) is 2.75. The SMILES string of the molecule is COc1ncc(S(=O)(=O)Nc2c(C)nn(C(C)C)c2C)cc1Cl. The standard InChI is InChI=1S/C14H19ClN4O3S/c1-8(2)19-10(4)13(9(3)17-19)18-23(20,21)11-6-12(15)14(22-5)16-7-11/h6-8,18H,1-5H3. The van der Waals surface area contributed by atoms with Crippen LogP contribution >= 0.6 is 11.6 Å². The third kappa shape index (κ3) is 3.42. The Morgan fingerprint density at radius 1 is 1.35 bits per heavy atom. The molecule has 126 valence electrons. The first-order valence-electron chi connectivity index (χ1n) is 6.95. The van der Waals surface area contributed by atoms with E-state index in [9.17, 15) is 8.42 Å². The van der Waals surface area contributed by atoms with Crippen molar-refractivity contribution in [3.63, 3.8) is 0 Å². The topological polar surface area (TPSA) is 86.1 Å². The number of sulfonamides is 1. The Labute approximate surface area is 140 Å². The van der Waals surface area contributed by atoms with E-state index in [0.29, 0.717) is 11.4 Å². The number of nitrogens with one attached hydrogen (secondary N) is 1. The fraction of sp³-hybridized carbons (Fsp3) is 0.429. The van der Waals surface area contributed by atoms with Crippen LogP contribution in [0, 0.1) is 13.8 Å². The highest BCUT2D eigenvalue weighted by Gasteiger charge is 2.22. The lowest BCUT2D eigenvalue weighted by atomic mass is 10.3. The zero-order valence-electron chi connectivity index (χ0n) is 13.6. The van der Waals surface area contributed by atoms with Crippen LogP contribution in [0.15, 0.2) is 17.2 Å². The lowest BCUT2D eigenvalue weighted by Crippen LogP contribution is -2.15. The van der Waals surface area contributed by atoms with Crippen molar-refractivity contribution in [2.24, 2.45) is 0 Å². The number of pyridine rings is 1. The van der Waals surface area contributed by atoms with Gasteiger partial charge >= 0.3 is 0 Å². The highest BCUT2D eigenvalue weighted by molar-refractivity contribution is 7.92. The number of hydrogen-bond donors (Lipinski definition) is 1. The summed E-state index contributed by atoms with van der Waals surface area (Å²) in [4.78, 5) is 3.85. The van der Waals surface area contributed by atoms with Crippen molar-refractivity contribution < 1.29 is 13.2 Å². The van der Waals surface area contributed by atoms with Crippen LogP contribution < -0.4 is 9.46 Å². The van der Waals surface area contributed by atoms with Gasteiger partial charge in [0.15, 0.2) is 0 Å². The fourth-order valence-electron chi connectivity index (χ4n) is 2.21. The molecule has 0 fully saturated rings. The molecule has 7 nitrogen and oxygen atoms in total. The first-order chi connectivity index (χ1) is 10.7. The van der Waals surface area contributed by atoms with Gasteiger partial charge < -0.3 is 4.74 Å². The highest BCUT2D eigenvalue weighted by Crippen LogP contribution is 2.28. The predicted molar refractivity (Wildman–Crippen MR) is 88.7 cm³/mol. The number of ether oxygens (including phenoxy) is 1. The summed E-state index contributed by atoms with van der Waals surface area (Å²) in [6.07, 6.45) is 1.20. The van der Waals surface area contributed by atoms with Gasteiger partial charge in [0.25, 0.3) is 10.0 Å². The van der Waals surface area contributed by atoms with Crippen LogP contribution in [0.5, 0.6) is 5.88 Å². The van der Waals surface area contributed by atoms with Crippen molar-refractivity contribution in [3.8, 4) is 5.88 Å². The molecule has 0 spiro atoms. The van der Waals surface area contributed by atoms with Crippen molar-refractivity contribution in [1.29, 1.82) is 0 Å². The predicted octanol–water partition coefficient (Wildman–Crippen LogP) is 2.94. The van der Waals surface area contributed by atoms with E-state index in [4.69, 9.17) is 16.3 Å². The van der Waals surface area contributed by atoms with Gasteiger partial charge in [-0.1, -0.05) is 11.6 Å². The summed E-state index contributed by atoms with van der Waals surface area (Å²) in [5.41, 5.74) is 1.81. The van der Waals surface area contributed by atoms with Crippen molar-refractivity contribution in [2.75, 3.05) is 11.8 Å². The lowest BCUT2D eigenvalue weighted by molar-refractivity contribution is 0.397. The van der Waals surface area contributed by atoms with Crippen molar-refractivity contribution in [3.05, 3.63) is 28.7 Å². The van der Waals surface area contributed by atoms with E-state index < -0.39 is 10.0 Å². The molecule has 0 aromatic carbocycles. The summed E-state index contributed by atoms with van der Waals surface area (Å²) in [6, 6.07) is 1.43. The third-order valence-electron chi connectivity index (χ3n) is 3.34. The Balaban J connectivity index is 2.41. The number of hydrogen-bond acceptors (Lipinski definition) is 5. The molecule has 0 amide bonds. The summed E-state index contributed by atoms with van der Waals surface area (Å²) >= 11 is 5.95. The first kappa shape index (κ1) is 17.6. The first-order valence-corrected chi connectivity index (χ1v) is 8.81. The quantitative estimate of drug-likeness (QED) is 0.888. The molecule has 2 aromatic rings. The monoisotopic (exact) mass is 358 g/mol. The molecule has 23 heavy (non-hydrogen) atoms. The molecule has 2 rings (SSSR count). The molecule has 0 saturated carbocycles. The van der Waals surface area contributed by atoms with Crippen LogP contribution in [0.2, 0.25) is 5.02 Å². The third-order valence-corrected chi connectivity index (χ3v) is 4.92. The van der Waals surface area contributed by atoms with Gasteiger partial charge in [0.2, 0.25) is 5.88 Å². The Bertz CT molecular complexity index is 831. The maximum absolute atomic E-state index is 12.5. The number of aromatic nitrogens is 3. The molecule has 0 saturated heterocycles. The van der Waals surface area contributed by atoms with Crippen LogP contribution in [-0.4, -0.2) is 30.3 Å². The number of aryl methyl sites for hydroxylation is 1. The number of rotatable bonds is 5. The van der Waals surface area contributed by atoms with E-state index >= 15 is 0 Å². The maximum atomic E-state index is 12.5. The molecule has 0 unspecified atom stereocenters. The van der Waals surface area contributed by atoms with E-state index in [1.807, 2.05) is 20.8 Å². The van der Waals surface area contributed by atoms with Gasteiger partial charge in [-0.05, 0) is 33.8 Å². The van der Waals surface area contributed by atoms with Gasteiger partial charge in [-0.15, -0.1) is 0 Å². The molecule has 0 aliphatic heterocycles. The molecule has 0 atom stereocenters. The zero-order valence-corrected chi connectivity index (χ0v) is 15.2. The maximum Gasteiger partial charge on any atom is 0.263 e. The Morgan fingerprint density at radius 2 is 2.00 bits per heavy atom. The minimum absolute atomic E-state index is 0.0422. The Morgan fingerprint density at radius 3 is 2.48 bits per heavy atom. The van der Waals surface area contributed by atoms with E-state index in [-0.39, 0.29) is 21.8 Å². The van der Waals surface area contributed by atoms with E-state index in [0.717, 1.165) is 5.69 Å². The lowest BCUT2D eigenvalue weighted by Gasteiger charge is -2.11. The van der Waals surface area contributed by atoms with Gasteiger partial charge in [-0.2, -0.15) is 5.10 Å². The van der Waals surface area contributed by atoms with Gasteiger partial charge in [-0.3, -0.25) is 9.40 Å². The summed E-state index contributed by atoms with van der Waals surface area (Å²) in [7, 11) is -2.41. The zero-order chi connectivity index (χ0) is 17.4. The van der Waals surface area contributed by atoms with E-state index in [2.05, 4.69) is 14.8 Å². The minimum atomic E-state index is -3.82. The Kier molecular flexibility index (Phi) is 4.86. The van der Waals surface area contributed by atoms with Crippen molar-refractivity contribution in [2.45, 2.75) is 38.6 Å². The fourth-order valence-corrected chi connectivity index (χ4v) is 3.67. The average molecular weight is 359 g/mol. The molecule has 0 aliphatic rings. The molecule has 2 heterocycles. The molecule has 2 aromatic heterocycles. The molecule has 0 radical (unpaired) electrons. The van der Waals surface area contributed by atoms with E-state index in [1.54, 1.807) is 11.6 Å². The normalized spacial score (nSPS) is 11.8. The van der Waals surface area contributed by atoms with Crippen molar-refractivity contribution >= 4 is 27.3 Å². The molecular formula is C14H19ClN4O3S. The van der Waals surface area contributed by atoms with Crippen LogP contribution in [0.25, 0.3) is 0 Å². The van der Waals surface area contributed by atoms with Crippen LogP contribution in [0.1, 0.15) is 31.3 Å². The molecule has 9 heteroatoms. The number of halogens is 1. The van der Waals surface area contributed by atoms with Crippen LogP contribution in [-0.2, 0) is 10.0 Å².